The predicted octanol–water partition coefficient (Wildman–Crippen LogP) is 2.77. The van der Waals surface area contributed by atoms with Gasteiger partial charge in [0.1, 0.15) is 0 Å². The molecule has 13 heavy (non-hydrogen) atoms. The average Bonchev–Trinajstić information content (AvgIpc) is 2.17. The Hall–Kier alpha value is -0.590. The van der Waals surface area contributed by atoms with Gasteiger partial charge in [-0.05, 0) is 28.1 Å². The number of pyridine rings is 1. The second-order valence-corrected chi connectivity index (χ2v) is 3.78. The summed E-state index contributed by atoms with van der Waals surface area (Å²) in [5.41, 5.74) is 0.884. The van der Waals surface area contributed by atoms with Gasteiger partial charge >= 0.3 is 0 Å². The van der Waals surface area contributed by atoms with Gasteiger partial charge in [0.25, 0.3) is 0 Å². The Labute approximate surface area is 90.7 Å². The topological polar surface area (TPSA) is 36.7 Å². The first-order chi connectivity index (χ1) is 6.27. The fourth-order valence-corrected chi connectivity index (χ4v) is 1.53. The smallest absolute Gasteiger partial charge is 0.0672 e. The molecule has 1 heterocycles. The first kappa shape index (κ1) is 10.5. The number of nitrogens with zero attached hydrogens (tertiary/aromatic N) is 2. The quantitative estimate of drug-likeness (QED) is 0.783. The van der Waals surface area contributed by atoms with E-state index in [0.717, 1.165) is 10.2 Å². The molecule has 4 heteroatoms. The highest BCUT2D eigenvalue weighted by Gasteiger charge is 2.09. The Morgan fingerprint density at radius 3 is 3.00 bits per heavy atom. The molecule has 1 unspecified atom stereocenters. The number of rotatable bonds is 3. The monoisotopic (exact) mass is 258 g/mol. The number of halogens is 2. The van der Waals surface area contributed by atoms with E-state index in [-0.39, 0.29) is 5.92 Å². The second-order valence-electron chi connectivity index (χ2n) is 2.62. The van der Waals surface area contributed by atoms with Crippen LogP contribution in [0.15, 0.2) is 22.8 Å². The van der Waals surface area contributed by atoms with Gasteiger partial charge in [0.15, 0.2) is 0 Å². The zero-order valence-corrected chi connectivity index (χ0v) is 9.22. The van der Waals surface area contributed by atoms with Gasteiger partial charge in [-0.1, -0.05) is 0 Å². The molecule has 0 saturated heterocycles. The Balaban J connectivity index is 2.74. The molecule has 0 aliphatic heterocycles. The molecule has 0 radical (unpaired) electrons. The van der Waals surface area contributed by atoms with Crippen molar-refractivity contribution >= 4 is 27.5 Å². The van der Waals surface area contributed by atoms with Crippen LogP contribution in [0.5, 0.6) is 0 Å². The van der Waals surface area contributed by atoms with E-state index in [2.05, 4.69) is 27.0 Å². The summed E-state index contributed by atoms with van der Waals surface area (Å²) < 4.78 is 0.931. The van der Waals surface area contributed by atoms with Crippen LogP contribution in [0.4, 0.5) is 0 Å². The SMILES string of the molecule is N#CC(CCl)Cc1ncccc1Br. The highest BCUT2D eigenvalue weighted by Crippen LogP contribution is 2.17. The summed E-state index contributed by atoms with van der Waals surface area (Å²) in [5.74, 6) is 0.187. The van der Waals surface area contributed by atoms with Crippen LogP contribution in [0.2, 0.25) is 0 Å². The highest BCUT2D eigenvalue weighted by molar-refractivity contribution is 9.10. The number of nitriles is 1. The molecule has 1 aromatic rings. The molecule has 0 N–H and O–H groups in total. The van der Waals surface area contributed by atoms with E-state index in [9.17, 15) is 0 Å². The largest absolute Gasteiger partial charge is 0.260 e. The molecular weight excluding hydrogens is 251 g/mol. The lowest BCUT2D eigenvalue weighted by Crippen LogP contribution is -2.05. The first-order valence-electron chi connectivity index (χ1n) is 3.83. The van der Waals surface area contributed by atoms with Crippen LogP contribution in [0.3, 0.4) is 0 Å². The van der Waals surface area contributed by atoms with Crippen molar-refractivity contribution in [2.24, 2.45) is 5.92 Å². The molecule has 0 aliphatic rings. The van der Waals surface area contributed by atoms with Crippen LogP contribution >= 0.6 is 27.5 Å². The van der Waals surface area contributed by atoms with Crippen molar-refractivity contribution in [3.05, 3.63) is 28.5 Å². The number of hydrogen-bond acceptors (Lipinski definition) is 2. The van der Waals surface area contributed by atoms with Crippen LogP contribution in [0.25, 0.3) is 0 Å². The summed E-state index contributed by atoms with van der Waals surface area (Å²) in [4.78, 5) is 4.16. The maximum atomic E-state index is 8.70. The van der Waals surface area contributed by atoms with Crippen molar-refractivity contribution in [3.8, 4) is 6.07 Å². The van der Waals surface area contributed by atoms with Gasteiger partial charge in [-0.15, -0.1) is 11.6 Å². The van der Waals surface area contributed by atoms with Crippen molar-refractivity contribution in [1.29, 1.82) is 5.26 Å². The predicted molar refractivity (Wildman–Crippen MR) is 55.5 cm³/mol. The second kappa shape index (κ2) is 5.21. The molecule has 1 rings (SSSR count). The van der Waals surface area contributed by atoms with Gasteiger partial charge in [-0.3, -0.25) is 4.98 Å². The maximum absolute atomic E-state index is 8.70. The summed E-state index contributed by atoms with van der Waals surface area (Å²) in [6.07, 6.45) is 2.31. The molecule has 0 saturated carbocycles. The van der Waals surface area contributed by atoms with Gasteiger partial charge in [0.2, 0.25) is 0 Å². The normalized spacial score (nSPS) is 12.1. The third-order valence-corrected chi connectivity index (χ3v) is 2.74. The molecule has 0 aliphatic carbocycles. The molecule has 0 fully saturated rings. The van der Waals surface area contributed by atoms with Crippen molar-refractivity contribution in [1.82, 2.24) is 4.98 Å². The zero-order valence-electron chi connectivity index (χ0n) is 6.87. The molecular formula is C9H8BrClN2. The van der Waals surface area contributed by atoms with Gasteiger partial charge in [-0.25, -0.2) is 0 Å². The Kier molecular flexibility index (Phi) is 4.20. The molecule has 1 aromatic heterocycles. The third kappa shape index (κ3) is 2.98. The van der Waals surface area contributed by atoms with Gasteiger partial charge in [-0.2, -0.15) is 5.26 Å². The lowest BCUT2D eigenvalue weighted by molar-refractivity contribution is 0.725. The van der Waals surface area contributed by atoms with Crippen molar-refractivity contribution in [3.63, 3.8) is 0 Å². The van der Waals surface area contributed by atoms with Crippen molar-refractivity contribution in [2.45, 2.75) is 6.42 Å². The molecule has 0 spiro atoms. The van der Waals surface area contributed by atoms with E-state index in [1.807, 2.05) is 12.1 Å². The fraction of sp³-hybridized carbons (Fsp3) is 0.333. The van der Waals surface area contributed by atoms with Crippen LogP contribution in [-0.2, 0) is 6.42 Å². The van der Waals surface area contributed by atoms with Gasteiger partial charge in [0.05, 0.1) is 17.7 Å². The number of aromatic nitrogens is 1. The maximum Gasteiger partial charge on any atom is 0.0672 e. The van der Waals surface area contributed by atoms with Crippen LogP contribution in [0, 0.1) is 17.2 Å². The zero-order chi connectivity index (χ0) is 9.68. The third-order valence-electron chi connectivity index (χ3n) is 1.64. The fourth-order valence-electron chi connectivity index (χ4n) is 0.937. The minimum atomic E-state index is -0.159. The summed E-state index contributed by atoms with van der Waals surface area (Å²) >= 11 is 8.97. The standard InChI is InChI=1S/C9H8BrClN2/c10-8-2-1-3-13-9(8)4-7(5-11)6-12/h1-3,7H,4-5H2. The molecule has 0 amide bonds. The summed E-state index contributed by atoms with van der Waals surface area (Å²) in [7, 11) is 0. The van der Waals surface area contributed by atoms with Gasteiger partial charge < -0.3 is 0 Å². The van der Waals surface area contributed by atoms with Crippen LogP contribution < -0.4 is 0 Å². The molecule has 0 bridgehead atoms. The summed E-state index contributed by atoms with van der Waals surface area (Å²) in [5, 5.41) is 8.70. The lowest BCUT2D eigenvalue weighted by atomic mass is 10.1. The van der Waals surface area contributed by atoms with E-state index < -0.39 is 0 Å². The van der Waals surface area contributed by atoms with Crippen LogP contribution in [0.1, 0.15) is 5.69 Å². The first-order valence-corrected chi connectivity index (χ1v) is 5.15. The minimum Gasteiger partial charge on any atom is -0.260 e. The lowest BCUT2D eigenvalue weighted by Gasteiger charge is -2.05. The highest BCUT2D eigenvalue weighted by atomic mass is 79.9. The molecule has 2 nitrogen and oxygen atoms in total. The van der Waals surface area contributed by atoms with Crippen molar-refractivity contribution < 1.29 is 0 Å². The van der Waals surface area contributed by atoms with E-state index in [0.29, 0.717) is 12.3 Å². The van der Waals surface area contributed by atoms with Crippen molar-refractivity contribution in [2.75, 3.05) is 5.88 Å². The van der Waals surface area contributed by atoms with E-state index in [1.54, 1.807) is 6.20 Å². The summed E-state index contributed by atoms with van der Waals surface area (Å²) in [6.45, 7) is 0. The molecule has 68 valence electrons. The van der Waals surface area contributed by atoms with E-state index >= 15 is 0 Å². The molecule has 1 atom stereocenters. The van der Waals surface area contributed by atoms with E-state index in [1.165, 1.54) is 0 Å². The minimum absolute atomic E-state index is 0.159. The summed E-state index contributed by atoms with van der Waals surface area (Å²) in [6, 6.07) is 5.89. The Morgan fingerprint density at radius 1 is 1.69 bits per heavy atom. The van der Waals surface area contributed by atoms with E-state index in [4.69, 9.17) is 16.9 Å². The average molecular weight is 260 g/mol. The Morgan fingerprint density at radius 2 is 2.46 bits per heavy atom. The number of alkyl halides is 1. The van der Waals surface area contributed by atoms with Gasteiger partial charge in [0, 0.05) is 23.0 Å². The van der Waals surface area contributed by atoms with Crippen LogP contribution in [-0.4, -0.2) is 10.9 Å². The molecule has 0 aromatic carbocycles. The Bertz CT molecular complexity index is 322. The number of hydrogen-bond donors (Lipinski definition) is 0.